The highest BCUT2D eigenvalue weighted by Crippen LogP contribution is 2.63. The number of rotatable bonds is 0. The van der Waals surface area contributed by atoms with Crippen molar-refractivity contribution in [3.8, 4) is 0 Å². The molecule has 0 bridgehead atoms. The molecule has 0 heterocycles. The van der Waals surface area contributed by atoms with E-state index < -0.39 is 6.17 Å². The van der Waals surface area contributed by atoms with Crippen molar-refractivity contribution in [2.75, 3.05) is 0 Å². The van der Waals surface area contributed by atoms with Gasteiger partial charge in [0.05, 0.1) is 6.10 Å². The first-order chi connectivity index (χ1) is 10.4. The molecule has 0 aliphatic heterocycles. The highest BCUT2D eigenvalue weighted by atomic mass is 19.1. The Morgan fingerprint density at radius 3 is 2.86 bits per heavy atom. The van der Waals surface area contributed by atoms with Crippen molar-refractivity contribution in [1.82, 2.24) is 0 Å². The summed E-state index contributed by atoms with van der Waals surface area (Å²) >= 11 is 0. The van der Waals surface area contributed by atoms with Gasteiger partial charge in [-0.3, -0.25) is 0 Å². The highest BCUT2D eigenvalue weighted by molar-refractivity contribution is 5.33. The molecular formula is C19H28FNO. The van der Waals surface area contributed by atoms with Crippen LogP contribution in [0.2, 0.25) is 0 Å². The van der Waals surface area contributed by atoms with E-state index in [1.807, 2.05) is 6.08 Å². The van der Waals surface area contributed by atoms with E-state index in [1.54, 1.807) is 0 Å². The van der Waals surface area contributed by atoms with E-state index in [2.05, 4.69) is 26.0 Å². The van der Waals surface area contributed by atoms with Gasteiger partial charge in [-0.15, -0.1) is 0 Å². The van der Waals surface area contributed by atoms with Crippen LogP contribution in [0.3, 0.4) is 0 Å². The van der Waals surface area contributed by atoms with Gasteiger partial charge in [0, 0.05) is 11.5 Å². The van der Waals surface area contributed by atoms with Gasteiger partial charge in [-0.25, -0.2) is 4.39 Å². The van der Waals surface area contributed by atoms with E-state index in [-0.39, 0.29) is 23.0 Å². The molecule has 0 aromatic heterocycles. The molecular weight excluding hydrogens is 277 g/mol. The van der Waals surface area contributed by atoms with Crippen LogP contribution in [0.25, 0.3) is 0 Å². The predicted molar refractivity (Wildman–Crippen MR) is 85.9 cm³/mol. The zero-order valence-electron chi connectivity index (χ0n) is 13.6. The normalized spacial score (nSPS) is 56.9. The first-order valence-electron chi connectivity index (χ1n) is 8.83. The molecule has 8 atom stereocenters. The summed E-state index contributed by atoms with van der Waals surface area (Å²) in [6.45, 7) is 4.54. The number of allylic oxidation sites excluding steroid dienone is 2. The van der Waals surface area contributed by atoms with Gasteiger partial charge in [0.1, 0.15) is 6.17 Å². The van der Waals surface area contributed by atoms with Crippen LogP contribution in [0.15, 0.2) is 23.8 Å². The molecule has 0 unspecified atom stereocenters. The Labute approximate surface area is 132 Å². The van der Waals surface area contributed by atoms with Crippen LogP contribution < -0.4 is 5.73 Å². The lowest BCUT2D eigenvalue weighted by molar-refractivity contribution is -0.0115. The van der Waals surface area contributed by atoms with Crippen molar-refractivity contribution in [2.45, 2.75) is 64.3 Å². The highest BCUT2D eigenvalue weighted by Gasteiger charge is 2.60. The molecule has 0 spiro atoms. The number of aliphatic hydroxyl groups is 1. The quantitative estimate of drug-likeness (QED) is 0.674. The molecule has 4 aliphatic rings. The zero-order chi connectivity index (χ0) is 15.7. The molecule has 22 heavy (non-hydrogen) atoms. The molecule has 0 amide bonds. The van der Waals surface area contributed by atoms with Crippen LogP contribution in [0.4, 0.5) is 4.39 Å². The van der Waals surface area contributed by atoms with Gasteiger partial charge in [0.25, 0.3) is 0 Å². The maximum Gasteiger partial charge on any atom is 0.116 e. The lowest BCUT2D eigenvalue weighted by Crippen LogP contribution is -2.52. The first-order valence-corrected chi connectivity index (χ1v) is 8.83. The van der Waals surface area contributed by atoms with Crippen LogP contribution >= 0.6 is 0 Å². The summed E-state index contributed by atoms with van der Waals surface area (Å²) in [5.41, 5.74) is 7.66. The van der Waals surface area contributed by atoms with E-state index in [0.717, 1.165) is 25.7 Å². The summed E-state index contributed by atoms with van der Waals surface area (Å²) < 4.78 is 14.3. The molecule has 4 rings (SSSR count). The topological polar surface area (TPSA) is 46.2 Å². The summed E-state index contributed by atoms with van der Waals surface area (Å²) in [7, 11) is 0. The molecule has 2 fully saturated rings. The molecule has 2 nitrogen and oxygen atoms in total. The fourth-order valence-electron chi connectivity index (χ4n) is 6.24. The smallest absolute Gasteiger partial charge is 0.116 e. The molecule has 0 aromatic rings. The lowest BCUT2D eigenvalue weighted by Gasteiger charge is -2.56. The fraction of sp³-hybridized carbons (Fsp3) is 0.789. The molecule has 3 heteroatoms. The maximum absolute atomic E-state index is 14.3. The summed E-state index contributed by atoms with van der Waals surface area (Å²) in [4.78, 5) is 0. The van der Waals surface area contributed by atoms with E-state index in [9.17, 15) is 9.50 Å². The minimum Gasteiger partial charge on any atom is -0.389 e. The largest absolute Gasteiger partial charge is 0.389 e. The number of halogens is 1. The number of fused-ring (bicyclic) bond motifs is 5. The summed E-state index contributed by atoms with van der Waals surface area (Å²) in [5.74, 6) is 1.53. The standard InChI is InChI=1S/C19H28FNO/c1-18-7-5-12(22)9-11(18)3-4-13-14(18)6-8-19(2)15(13)10-16(20)17(19)21/h3,5,7,12-17,22H,4,6,8-10,21H2,1-2H3/t12-,13+,14-,15-,16+,17+,18-,19-/m0/s1. The summed E-state index contributed by atoms with van der Waals surface area (Å²) in [6.07, 6.45) is 9.99. The van der Waals surface area contributed by atoms with Gasteiger partial charge in [-0.1, -0.05) is 37.6 Å². The van der Waals surface area contributed by atoms with Gasteiger partial charge in [-0.05, 0) is 55.3 Å². The van der Waals surface area contributed by atoms with Crippen molar-refractivity contribution in [2.24, 2.45) is 34.3 Å². The molecule has 4 aliphatic carbocycles. The van der Waals surface area contributed by atoms with Crippen LogP contribution in [0.5, 0.6) is 0 Å². The number of aliphatic hydroxyl groups excluding tert-OH is 1. The molecule has 2 saturated carbocycles. The molecule has 0 saturated heterocycles. The maximum atomic E-state index is 14.3. The van der Waals surface area contributed by atoms with Gasteiger partial charge in [-0.2, -0.15) is 0 Å². The monoisotopic (exact) mass is 305 g/mol. The first kappa shape index (κ1) is 14.9. The molecule has 122 valence electrons. The van der Waals surface area contributed by atoms with Crippen molar-refractivity contribution in [3.05, 3.63) is 23.8 Å². The van der Waals surface area contributed by atoms with Crippen molar-refractivity contribution >= 4 is 0 Å². The fourth-order valence-corrected chi connectivity index (χ4v) is 6.24. The van der Waals surface area contributed by atoms with Gasteiger partial charge in [0.15, 0.2) is 0 Å². The van der Waals surface area contributed by atoms with Gasteiger partial charge in [0.2, 0.25) is 0 Å². The molecule has 3 N–H and O–H groups in total. The van der Waals surface area contributed by atoms with Gasteiger partial charge >= 0.3 is 0 Å². The number of hydrogen-bond donors (Lipinski definition) is 2. The van der Waals surface area contributed by atoms with E-state index in [1.165, 1.54) is 5.57 Å². The third-order valence-electron chi connectivity index (χ3n) is 7.70. The van der Waals surface area contributed by atoms with Crippen LogP contribution in [0.1, 0.15) is 46.0 Å². The second kappa shape index (κ2) is 4.67. The third kappa shape index (κ3) is 1.78. The summed E-state index contributed by atoms with van der Waals surface area (Å²) in [6, 6.07) is -0.291. The molecule has 0 aromatic carbocycles. The number of hydrogen-bond acceptors (Lipinski definition) is 2. The van der Waals surface area contributed by atoms with E-state index in [4.69, 9.17) is 5.73 Å². The summed E-state index contributed by atoms with van der Waals surface area (Å²) in [5, 5.41) is 9.93. The minimum atomic E-state index is -0.837. The Morgan fingerprint density at radius 1 is 1.32 bits per heavy atom. The van der Waals surface area contributed by atoms with Crippen molar-refractivity contribution in [3.63, 3.8) is 0 Å². The SMILES string of the molecule is C[C@]12CC[C@H]3[C@@H](CC=C4C[C@@H](O)C=C[C@@]43C)[C@@H]1C[C@@H](F)[C@H]2N. The second-order valence-electron chi connectivity index (χ2n) is 8.58. The van der Waals surface area contributed by atoms with Crippen LogP contribution in [-0.4, -0.2) is 23.4 Å². The Balaban J connectivity index is 1.71. The Bertz CT molecular complexity index is 544. The lowest BCUT2D eigenvalue weighted by atomic mass is 9.49. The van der Waals surface area contributed by atoms with Gasteiger partial charge < -0.3 is 10.8 Å². The second-order valence-corrected chi connectivity index (χ2v) is 8.58. The average Bonchev–Trinajstić information content (AvgIpc) is 2.72. The zero-order valence-corrected chi connectivity index (χ0v) is 13.6. The molecule has 0 radical (unpaired) electrons. The minimum absolute atomic E-state index is 0.0276. The average molecular weight is 305 g/mol. The van der Waals surface area contributed by atoms with E-state index in [0.29, 0.717) is 24.2 Å². The Morgan fingerprint density at radius 2 is 2.09 bits per heavy atom. The van der Waals surface area contributed by atoms with Crippen molar-refractivity contribution in [1.29, 1.82) is 0 Å². The third-order valence-corrected chi connectivity index (χ3v) is 7.70. The predicted octanol–water partition coefficient (Wildman–Crippen LogP) is 3.36. The Hall–Kier alpha value is -0.670. The van der Waals surface area contributed by atoms with Crippen LogP contribution in [-0.2, 0) is 0 Å². The number of alkyl halides is 1. The Kier molecular flexibility index (Phi) is 3.16. The van der Waals surface area contributed by atoms with E-state index >= 15 is 0 Å². The van der Waals surface area contributed by atoms with Crippen molar-refractivity contribution < 1.29 is 9.50 Å². The number of nitrogens with two attached hydrogens (primary N) is 1. The van der Waals surface area contributed by atoms with Crippen LogP contribution in [0, 0.1) is 28.6 Å².